The fourth-order valence-corrected chi connectivity index (χ4v) is 10.7. The summed E-state index contributed by atoms with van der Waals surface area (Å²) in [5.74, 6) is 0. The van der Waals surface area contributed by atoms with Crippen molar-refractivity contribution < 1.29 is 0 Å². The third-order valence-corrected chi connectivity index (χ3v) is 13.6. The van der Waals surface area contributed by atoms with Gasteiger partial charge in [0.2, 0.25) is 0 Å². The molecule has 4 heteroatoms. The van der Waals surface area contributed by atoms with Crippen molar-refractivity contribution in [1.82, 2.24) is 0 Å². The van der Waals surface area contributed by atoms with Crippen LogP contribution in [-0.4, -0.2) is 0 Å². The van der Waals surface area contributed by atoms with Crippen molar-refractivity contribution in [3.63, 3.8) is 0 Å². The van der Waals surface area contributed by atoms with Crippen molar-refractivity contribution in [1.29, 1.82) is 0 Å². The second kappa shape index (κ2) is 17.1. The Bertz CT molecular complexity index is 1570. The second-order valence-corrected chi connectivity index (χ2v) is 16.9. The Morgan fingerprint density at radius 1 is 0.455 bits per heavy atom. The molecule has 0 unspecified atom stereocenters. The second-order valence-electron chi connectivity index (χ2n) is 12.4. The highest BCUT2D eigenvalue weighted by Crippen LogP contribution is 2.47. The highest BCUT2D eigenvalue weighted by Gasteiger charge is 2.18. The lowest BCUT2D eigenvalue weighted by atomic mass is 10.0. The maximum absolute atomic E-state index is 2.53. The van der Waals surface area contributed by atoms with Crippen LogP contribution < -0.4 is 0 Å². The van der Waals surface area contributed by atoms with Gasteiger partial charge in [-0.15, -0.1) is 45.3 Å². The van der Waals surface area contributed by atoms with Crippen molar-refractivity contribution in [2.24, 2.45) is 0 Å². The summed E-state index contributed by atoms with van der Waals surface area (Å²) in [7, 11) is 0. The standard InChI is InChI=1S/C40H50S4/c1-5-7-9-11-13-15-19-32-27-37(31-21-17-18-29(3)26-31)43-40(32)36-25-24-34(42-36)38-28-33(20-16-14-12-10-8-6-2)39(44-38)35-23-22-30(4)41-35/h17-18,21-28H,5-16,19-20H2,1-4H3. The first kappa shape index (κ1) is 33.4. The zero-order chi connectivity index (χ0) is 30.7. The average Bonchev–Trinajstić information content (AvgIpc) is 3.83. The average molecular weight is 659 g/mol. The van der Waals surface area contributed by atoms with E-state index in [4.69, 9.17) is 0 Å². The van der Waals surface area contributed by atoms with Crippen molar-refractivity contribution in [2.45, 2.75) is 118 Å². The Morgan fingerprint density at radius 2 is 1.00 bits per heavy atom. The van der Waals surface area contributed by atoms with Gasteiger partial charge in [0.15, 0.2) is 0 Å². The Labute approximate surface area is 283 Å². The fourth-order valence-electron chi connectivity index (χ4n) is 6.05. The maximum Gasteiger partial charge on any atom is 0.0481 e. The molecule has 0 aliphatic heterocycles. The van der Waals surface area contributed by atoms with Crippen LogP contribution in [0.4, 0.5) is 0 Å². The van der Waals surface area contributed by atoms with Gasteiger partial charge in [0, 0.05) is 39.0 Å². The van der Waals surface area contributed by atoms with Gasteiger partial charge in [0.25, 0.3) is 0 Å². The first-order valence-corrected chi connectivity index (χ1v) is 20.3. The highest BCUT2D eigenvalue weighted by atomic mass is 32.1. The van der Waals surface area contributed by atoms with Gasteiger partial charge in [-0.25, -0.2) is 0 Å². The molecule has 0 radical (unpaired) electrons. The van der Waals surface area contributed by atoms with Crippen LogP contribution in [0, 0.1) is 13.8 Å². The first-order valence-electron chi connectivity index (χ1n) is 17.1. The molecule has 0 nitrogen and oxygen atoms in total. The van der Waals surface area contributed by atoms with E-state index in [9.17, 15) is 0 Å². The molecule has 44 heavy (non-hydrogen) atoms. The number of hydrogen-bond donors (Lipinski definition) is 0. The molecular formula is C40H50S4. The van der Waals surface area contributed by atoms with Gasteiger partial charge in [-0.05, 0) is 92.6 Å². The number of benzene rings is 1. The summed E-state index contributed by atoms with van der Waals surface area (Å²) >= 11 is 7.96. The largest absolute Gasteiger partial charge is 0.140 e. The fraction of sp³-hybridized carbons (Fsp3) is 0.450. The Hall–Kier alpha value is -1.98. The quantitative estimate of drug-likeness (QED) is 0.0822. The molecule has 1 aromatic carbocycles. The molecule has 0 atom stereocenters. The number of unbranched alkanes of at least 4 members (excludes halogenated alkanes) is 10. The van der Waals surface area contributed by atoms with E-state index in [-0.39, 0.29) is 0 Å². The van der Waals surface area contributed by atoms with Crippen LogP contribution >= 0.6 is 45.3 Å². The van der Waals surface area contributed by atoms with E-state index in [1.165, 1.54) is 140 Å². The summed E-state index contributed by atoms with van der Waals surface area (Å²) in [6, 6.07) is 23.5. The lowest BCUT2D eigenvalue weighted by Crippen LogP contribution is -1.86. The monoisotopic (exact) mass is 658 g/mol. The smallest absolute Gasteiger partial charge is 0.0481 e. The summed E-state index contributed by atoms with van der Waals surface area (Å²) in [6.45, 7) is 9.04. The van der Waals surface area contributed by atoms with Gasteiger partial charge >= 0.3 is 0 Å². The molecular weight excluding hydrogens is 609 g/mol. The van der Waals surface area contributed by atoms with Gasteiger partial charge in [0.1, 0.15) is 0 Å². The van der Waals surface area contributed by atoms with Gasteiger partial charge < -0.3 is 0 Å². The van der Waals surface area contributed by atoms with E-state index in [2.05, 4.69) is 88.4 Å². The molecule has 0 N–H and O–H groups in total. The van der Waals surface area contributed by atoms with E-state index < -0.39 is 0 Å². The molecule has 5 aromatic rings. The van der Waals surface area contributed by atoms with Gasteiger partial charge in [-0.1, -0.05) is 108 Å². The van der Waals surface area contributed by atoms with Gasteiger partial charge in [-0.3, -0.25) is 0 Å². The van der Waals surface area contributed by atoms with Crippen LogP contribution in [0.25, 0.3) is 39.7 Å². The lowest BCUT2D eigenvalue weighted by molar-refractivity contribution is 0.608. The summed E-state index contributed by atoms with van der Waals surface area (Å²) in [6.07, 6.45) is 18.5. The van der Waals surface area contributed by atoms with Crippen molar-refractivity contribution in [3.8, 4) is 39.7 Å². The molecule has 4 aromatic heterocycles. The molecule has 0 aliphatic rings. The van der Waals surface area contributed by atoms with Crippen LogP contribution in [0.3, 0.4) is 0 Å². The van der Waals surface area contributed by atoms with E-state index in [0.717, 1.165) is 0 Å². The van der Waals surface area contributed by atoms with E-state index in [0.29, 0.717) is 0 Å². The zero-order valence-corrected chi connectivity index (χ0v) is 30.6. The van der Waals surface area contributed by atoms with Crippen LogP contribution in [-0.2, 0) is 12.8 Å². The number of aryl methyl sites for hydroxylation is 4. The SMILES string of the molecule is CCCCCCCCc1cc(-c2cccc(C)c2)sc1-c1ccc(-c2cc(CCCCCCCC)c(-c3ccc(C)s3)s2)s1. The zero-order valence-electron chi connectivity index (χ0n) is 27.3. The molecule has 0 saturated heterocycles. The predicted molar refractivity (Wildman–Crippen MR) is 203 cm³/mol. The molecule has 0 fully saturated rings. The van der Waals surface area contributed by atoms with Crippen molar-refractivity contribution in [3.05, 3.63) is 82.2 Å². The predicted octanol–water partition coefficient (Wildman–Crippen LogP) is 15.0. The molecule has 234 valence electrons. The van der Waals surface area contributed by atoms with E-state index in [1.54, 1.807) is 11.1 Å². The minimum atomic E-state index is 1.18. The summed E-state index contributed by atoms with van der Waals surface area (Å²) in [5.41, 5.74) is 5.79. The van der Waals surface area contributed by atoms with Crippen molar-refractivity contribution >= 4 is 45.3 Å². The van der Waals surface area contributed by atoms with Crippen molar-refractivity contribution in [2.75, 3.05) is 0 Å². The van der Waals surface area contributed by atoms with Crippen LogP contribution in [0.5, 0.6) is 0 Å². The minimum Gasteiger partial charge on any atom is -0.140 e. The lowest BCUT2D eigenvalue weighted by Gasteiger charge is -2.03. The Morgan fingerprint density at radius 3 is 1.61 bits per heavy atom. The summed E-state index contributed by atoms with van der Waals surface area (Å²) in [5, 5.41) is 0. The number of hydrogen-bond acceptors (Lipinski definition) is 4. The molecule has 5 rings (SSSR count). The summed E-state index contributed by atoms with van der Waals surface area (Å²) in [4.78, 5) is 11.5. The first-order chi connectivity index (χ1) is 21.6. The van der Waals surface area contributed by atoms with Gasteiger partial charge in [0.05, 0.1) is 0 Å². The number of rotatable bonds is 18. The number of thiophene rings is 4. The molecule has 4 heterocycles. The van der Waals surface area contributed by atoms with Crippen LogP contribution in [0.15, 0.2) is 60.7 Å². The third kappa shape index (κ3) is 9.06. The minimum absolute atomic E-state index is 1.18. The molecule has 0 spiro atoms. The van der Waals surface area contributed by atoms with Gasteiger partial charge in [-0.2, -0.15) is 0 Å². The molecule has 0 saturated carbocycles. The summed E-state index contributed by atoms with van der Waals surface area (Å²) < 4.78 is 0. The van der Waals surface area contributed by atoms with Crippen LogP contribution in [0.2, 0.25) is 0 Å². The Kier molecular flexibility index (Phi) is 13.0. The molecule has 0 aliphatic carbocycles. The topological polar surface area (TPSA) is 0 Å². The Balaban J connectivity index is 1.39. The molecule has 0 bridgehead atoms. The third-order valence-electron chi connectivity index (χ3n) is 8.56. The van der Waals surface area contributed by atoms with Crippen LogP contribution in [0.1, 0.15) is 112 Å². The maximum atomic E-state index is 2.53. The molecule has 0 amide bonds. The van der Waals surface area contributed by atoms with E-state index in [1.807, 2.05) is 45.3 Å². The normalized spacial score (nSPS) is 11.5. The van der Waals surface area contributed by atoms with E-state index >= 15 is 0 Å². The highest BCUT2D eigenvalue weighted by molar-refractivity contribution is 7.29.